The number of anilines is 2. The second-order valence-corrected chi connectivity index (χ2v) is 10.2. The number of aryl methyl sites for hydroxylation is 2. The molecule has 0 atom stereocenters. The van der Waals surface area contributed by atoms with Gasteiger partial charge in [-0.2, -0.15) is 5.10 Å². The predicted octanol–water partition coefficient (Wildman–Crippen LogP) is 4.99. The van der Waals surface area contributed by atoms with Crippen molar-refractivity contribution in [3.05, 3.63) is 101 Å². The van der Waals surface area contributed by atoms with Gasteiger partial charge >= 0.3 is 0 Å². The van der Waals surface area contributed by atoms with Gasteiger partial charge in [-0.15, -0.1) is 0 Å². The van der Waals surface area contributed by atoms with Crippen molar-refractivity contribution in [3.8, 4) is 5.88 Å². The van der Waals surface area contributed by atoms with E-state index in [2.05, 4.69) is 25.3 Å². The van der Waals surface area contributed by atoms with Gasteiger partial charge in [0.2, 0.25) is 0 Å². The first kappa shape index (κ1) is 27.0. The van der Waals surface area contributed by atoms with Crippen LogP contribution in [0, 0.1) is 6.92 Å². The molecule has 0 radical (unpaired) electrons. The molecule has 0 bridgehead atoms. The lowest BCUT2D eigenvalue weighted by molar-refractivity contribution is 0.101. The number of benzene rings is 3. The fraction of sp³-hybridized carbons (Fsp3) is 0.188. The molecule has 0 unspecified atom stereocenters. The van der Waals surface area contributed by atoms with Crippen LogP contribution in [-0.2, 0) is 11.8 Å². The minimum atomic E-state index is -0.279. The van der Waals surface area contributed by atoms with Gasteiger partial charge in [0.25, 0.3) is 5.91 Å². The van der Waals surface area contributed by atoms with Gasteiger partial charge in [0.1, 0.15) is 5.69 Å². The summed E-state index contributed by atoms with van der Waals surface area (Å²) in [7, 11) is 1.71. The summed E-state index contributed by atoms with van der Waals surface area (Å²) in [6, 6.07) is 21.6. The lowest BCUT2D eigenvalue weighted by Gasteiger charge is -2.28. The van der Waals surface area contributed by atoms with E-state index in [1.165, 1.54) is 4.68 Å². The number of aromatic nitrogens is 3. The molecule has 1 fully saturated rings. The maximum Gasteiger partial charge on any atom is 0.273 e. The van der Waals surface area contributed by atoms with Crippen molar-refractivity contribution in [1.29, 1.82) is 0 Å². The highest BCUT2D eigenvalue weighted by atomic mass is 16.5. The summed E-state index contributed by atoms with van der Waals surface area (Å²) in [6.07, 6.45) is 1.62. The fourth-order valence-electron chi connectivity index (χ4n) is 5.08. The minimum Gasteiger partial charge on any atom is -0.494 e. The van der Waals surface area contributed by atoms with Gasteiger partial charge in [-0.3, -0.25) is 19.3 Å². The number of aliphatic imine (C=N–C) groups is 1. The molecule has 0 saturated carbocycles. The number of carbonyl (C=O) groups is 2. The lowest BCUT2D eigenvalue weighted by Crippen LogP contribution is -2.36. The molecule has 6 rings (SSSR count). The van der Waals surface area contributed by atoms with Gasteiger partial charge < -0.3 is 25.0 Å². The van der Waals surface area contributed by atoms with E-state index in [-0.39, 0.29) is 17.6 Å². The van der Waals surface area contributed by atoms with Gasteiger partial charge in [0.15, 0.2) is 11.7 Å². The molecule has 1 amide bonds. The van der Waals surface area contributed by atoms with E-state index in [1.54, 1.807) is 61.8 Å². The van der Waals surface area contributed by atoms with Crippen LogP contribution >= 0.6 is 0 Å². The fourth-order valence-corrected chi connectivity index (χ4v) is 5.08. The lowest BCUT2D eigenvalue weighted by atomic mass is 10.0. The number of ketones is 1. The number of aromatic amines is 1. The van der Waals surface area contributed by atoms with Gasteiger partial charge in [-0.1, -0.05) is 12.1 Å². The molecule has 3 heterocycles. The zero-order chi connectivity index (χ0) is 29.2. The summed E-state index contributed by atoms with van der Waals surface area (Å²) in [5, 5.41) is 18.4. The maximum absolute atomic E-state index is 13.2. The molecule has 0 spiro atoms. The summed E-state index contributed by atoms with van der Waals surface area (Å²) in [5.74, 6) is -0.479. The standard InChI is InChI=1S/C32H30N6O4/c1-20-17-29(37(2)36-20)32(41)34-24-6-3-21(4-7-24)30(39)22-5-12-26-27(31(40)35-28(26)18-22)19-33-23-8-10-25(11-9-23)38-13-15-42-16-14-38/h3-12,17-19,35,40H,13-16H2,1-2H3,(H,34,41). The molecule has 42 heavy (non-hydrogen) atoms. The first-order chi connectivity index (χ1) is 20.4. The minimum absolute atomic E-state index is 0.0213. The van der Waals surface area contributed by atoms with E-state index < -0.39 is 0 Å². The van der Waals surface area contributed by atoms with Crippen LogP contribution < -0.4 is 10.2 Å². The van der Waals surface area contributed by atoms with Gasteiger partial charge in [-0.05, 0) is 67.6 Å². The Hall–Kier alpha value is -5.22. The number of ether oxygens (including phenoxy) is 1. The molecule has 1 aliphatic rings. The molecule has 1 saturated heterocycles. The number of morpholine rings is 1. The van der Waals surface area contributed by atoms with Crippen molar-refractivity contribution >= 4 is 45.9 Å². The number of amides is 1. The Morgan fingerprint density at radius 2 is 1.71 bits per heavy atom. The second-order valence-electron chi connectivity index (χ2n) is 10.2. The van der Waals surface area contributed by atoms with Gasteiger partial charge in [0, 0.05) is 59.8 Å². The van der Waals surface area contributed by atoms with Crippen molar-refractivity contribution in [2.24, 2.45) is 12.0 Å². The Labute approximate surface area is 242 Å². The highest BCUT2D eigenvalue weighted by Gasteiger charge is 2.16. The van der Waals surface area contributed by atoms with E-state index in [9.17, 15) is 14.7 Å². The largest absolute Gasteiger partial charge is 0.494 e. The zero-order valence-corrected chi connectivity index (χ0v) is 23.3. The van der Waals surface area contributed by atoms with Crippen LogP contribution in [0.1, 0.15) is 37.7 Å². The normalized spacial score (nSPS) is 13.6. The summed E-state index contributed by atoms with van der Waals surface area (Å²) < 4.78 is 6.95. The number of fused-ring (bicyclic) bond motifs is 1. The Morgan fingerprint density at radius 3 is 2.40 bits per heavy atom. The van der Waals surface area contributed by atoms with E-state index in [0.717, 1.165) is 48.8 Å². The van der Waals surface area contributed by atoms with Gasteiger partial charge in [-0.25, -0.2) is 0 Å². The van der Waals surface area contributed by atoms with Crippen molar-refractivity contribution in [3.63, 3.8) is 0 Å². The quantitative estimate of drug-likeness (QED) is 0.190. The summed E-state index contributed by atoms with van der Waals surface area (Å²) >= 11 is 0. The first-order valence-corrected chi connectivity index (χ1v) is 13.6. The molecule has 2 aromatic heterocycles. The number of nitrogens with one attached hydrogen (secondary N) is 2. The molecular formula is C32H30N6O4. The number of hydrogen-bond acceptors (Lipinski definition) is 7. The third-order valence-electron chi connectivity index (χ3n) is 7.29. The number of rotatable bonds is 7. The highest BCUT2D eigenvalue weighted by Crippen LogP contribution is 2.29. The molecule has 3 aromatic carbocycles. The van der Waals surface area contributed by atoms with Crippen molar-refractivity contribution in [1.82, 2.24) is 14.8 Å². The Balaban J connectivity index is 1.15. The summed E-state index contributed by atoms with van der Waals surface area (Å²) in [4.78, 5) is 35.6. The molecule has 212 valence electrons. The number of carbonyl (C=O) groups excluding carboxylic acids is 2. The van der Waals surface area contributed by atoms with Crippen LogP contribution in [0.15, 0.2) is 77.8 Å². The van der Waals surface area contributed by atoms with Gasteiger partial charge in [0.05, 0.1) is 30.2 Å². The number of aromatic hydroxyl groups is 1. The van der Waals surface area contributed by atoms with E-state index in [0.29, 0.717) is 33.6 Å². The molecule has 10 nitrogen and oxygen atoms in total. The zero-order valence-electron chi connectivity index (χ0n) is 23.3. The third-order valence-corrected chi connectivity index (χ3v) is 7.29. The maximum atomic E-state index is 13.2. The van der Waals surface area contributed by atoms with Crippen LogP contribution in [0.3, 0.4) is 0 Å². The number of nitrogens with zero attached hydrogens (tertiary/aromatic N) is 4. The number of hydrogen-bond donors (Lipinski definition) is 3. The molecule has 0 aliphatic carbocycles. The molecule has 10 heteroatoms. The average Bonchev–Trinajstić information content (AvgIpc) is 3.52. The van der Waals surface area contributed by atoms with E-state index in [1.807, 2.05) is 31.2 Å². The topological polar surface area (TPSA) is 125 Å². The van der Waals surface area contributed by atoms with Crippen LogP contribution in [-0.4, -0.2) is 64.1 Å². The van der Waals surface area contributed by atoms with E-state index in [4.69, 9.17) is 4.74 Å². The van der Waals surface area contributed by atoms with Crippen molar-refractivity contribution in [2.45, 2.75) is 6.92 Å². The smallest absolute Gasteiger partial charge is 0.273 e. The van der Waals surface area contributed by atoms with Crippen LogP contribution in [0.5, 0.6) is 5.88 Å². The predicted molar refractivity (Wildman–Crippen MR) is 162 cm³/mol. The molecular weight excluding hydrogens is 532 g/mol. The van der Waals surface area contributed by atoms with E-state index >= 15 is 0 Å². The SMILES string of the molecule is Cc1cc(C(=O)Nc2ccc(C(=O)c3ccc4c(C=Nc5ccc(N6CCOCC6)cc5)c(O)[nH]c4c3)cc2)n(C)n1. The summed E-state index contributed by atoms with van der Waals surface area (Å²) in [5.41, 5.74) is 5.77. The Bertz CT molecular complexity index is 1800. The van der Waals surface area contributed by atoms with Crippen molar-refractivity contribution in [2.75, 3.05) is 36.5 Å². The summed E-state index contributed by atoms with van der Waals surface area (Å²) in [6.45, 7) is 5.01. The Morgan fingerprint density at radius 1 is 1.00 bits per heavy atom. The molecule has 3 N–H and O–H groups in total. The number of H-pyrrole nitrogens is 1. The van der Waals surface area contributed by atoms with Crippen molar-refractivity contribution < 1.29 is 19.4 Å². The molecule has 5 aromatic rings. The monoisotopic (exact) mass is 562 g/mol. The Kier molecular flexibility index (Phi) is 7.28. The highest BCUT2D eigenvalue weighted by molar-refractivity contribution is 6.12. The van der Waals surface area contributed by atoms with Crippen LogP contribution in [0.4, 0.5) is 17.1 Å². The average molecular weight is 563 g/mol. The molecule has 1 aliphatic heterocycles. The van der Waals surface area contributed by atoms with Crippen LogP contribution in [0.25, 0.3) is 10.9 Å². The second kappa shape index (κ2) is 11.3. The third kappa shape index (κ3) is 5.52. The van der Waals surface area contributed by atoms with Crippen LogP contribution in [0.2, 0.25) is 0 Å². The first-order valence-electron chi connectivity index (χ1n) is 13.6.